The van der Waals surface area contributed by atoms with Gasteiger partial charge < -0.3 is 30.9 Å². The Labute approximate surface area is 252 Å². The van der Waals surface area contributed by atoms with Crippen LogP contribution in [0.5, 0.6) is 0 Å². The molecular weight excluding hydrogens is 540 g/mol. The van der Waals surface area contributed by atoms with E-state index in [0.29, 0.717) is 19.6 Å². The second-order valence-corrected chi connectivity index (χ2v) is 13.7. The van der Waals surface area contributed by atoms with Gasteiger partial charge in [-0.15, -0.1) is 11.6 Å². The standard InChI is InChI=1S/C31H53ClN6O3/c1-4-41-28-17-26-23(16-27(28)36-29(39)11-8-14-38(2)3)30(21(18-33)19-34-26)35-22-12-13-25(24(32)15-22)37-31(40)20-9-6-5-7-10-20/h20-28,30,34-35H,4-17,19H2,1-3H3,(H,36,39)(H,37,40). The van der Waals surface area contributed by atoms with Crippen LogP contribution in [0.4, 0.5) is 0 Å². The molecule has 4 aliphatic rings. The van der Waals surface area contributed by atoms with E-state index in [-0.39, 0.29) is 71.3 Å². The smallest absolute Gasteiger partial charge is 0.223 e. The number of rotatable bonds is 11. The van der Waals surface area contributed by atoms with Crippen LogP contribution in [0.25, 0.3) is 0 Å². The van der Waals surface area contributed by atoms with E-state index < -0.39 is 0 Å². The maximum Gasteiger partial charge on any atom is 0.223 e. The third kappa shape index (κ3) is 9.03. The van der Waals surface area contributed by atoms with Crippen LogP contribution in [0.3, 0.4) is 0 Å². The molecule has 1 saturated heterocycles. The van der Waals surface area contributed by atoms with Crippen LogP contribution in [-0.4, -0.2) is 92.2 Å². The van der Waals surface area contributed by atoms with Crippen molar-refractivity contribution in [1.29, 1.82) is 5.26 Å². The molecule has 0 aromatic rings. The highest BCUT2D eigenvalue weighted by atomic mass is 35.5. The van der Waals surface area contributed by atoms with Gasteiger partial charge in [0.15, 0.2) is 0 Å². The molecule has 3 aliphatic carbocycles. The van der Waals surface area contributed by atoms with Gasteiger partial charge in [-0.05, 0) is 84.8 Å². The highest BCUT2D eigenvalue weighted by Gasteiger charge is 2.47. The summed E-state index contributed by atoms with van der Waals surface area (Å²) in [5, 5.41) is 24.0. The van der Waals surface area contributed by atoms with Crippen LogP contribution in [0.1, 0.15) is 84.0 Å². The maximum atomic E-state index is 12.9. The molecule has 9 nitrogen and oxygen atoms in total. The zero-order chi connectivity index (χ0) is 29.4. The van der Waals surface area contributed by atoms with E-state index in [1.165, 1.54) is 6.42 Å². The summed E-state index contributed by atoms with van der Waals surface area (Å²) in [5.74, 6) is 0.435. The van der Waals surface area contributed by atoms with E-state index in [0.717, 1.165) is 70.8 Å². The van der Waals surface area contributed by atoms with Crippen molar-refractivity contribution in [2.24, 2.45) is 17.8 Å². The molecule has 9 unspecified atom stereocenters. The number of carbonyl (C=O) groups excluding carboxylic acids is 2. The fourth-order valence-corrected chi connectivity index (χ4v) is 8.06. The second kappa shape index (κ2) is 15.9. The summed E-state index contributed by atoms with van der Waals surface area (Å²) in [4.78, 5) is 27.8. The summed E-state index contributed by atoms with van der Waals surface area (Å²) < 4.78 is 6.13. The average molecular weight is 593 g/mol. The van der Waals surface area contributed by atoms with E-state index in [9.17, 15) is 14.9 Å². The normalized spacial score (nSPS) is 36.2. The summed E-state index contributed by atoms with van der Waals surface area (Å²) in [6, 6.07) is 2.93. The van der Waals surface area contributed by atoms with Gasteiger partial charge in [-0.25, -0.2) is 0 Å². The van der Waals surface area contributed by atoms with Gasteiger partial charge >= 0.3 is 0 Å². The molecule has 4 N–H and O–H groups in total. The summed E-state index contributed by atoms with van der Waals surface area (Å²) >= 11 is 6.88. The number of fused-ring (bicyclic) bond motifs is 1. The lowest BCUT2D eigenvalue weighted by Gasteiger charge is -2.50. The van der Waals surface area contributed by atoms with Gasteiger partial charge in [0.25, 0.3) is 0 Å². The molecule has 4 fully saturated rings. The van der Waals surface area contributed by atoms with Crippen LogP contribution in [0, 0.1) is 29.1 Å². The molecule has 0 radical (unpaired) electrons. The Hall–Kier alpha value is -1.44. The number of piperidine rings is 1. The van der Waals surface area contributed by atoms with E-state index >= 15 is 0 Å². The predicted octanol–water partition coefficient (Wildman–Crippen LogP) is 2.92. The van der Waals surface area contributed by atoms with Crippen LogP contribution >= 0.6 is 11.6 Å². The first-order valence-electron chi connectivity index (χ1n) is 16.2. The molecular formula is C31H53ClN6O3. The van der Waals surface area contributed by atoms with Crippen molar-refractivity contribution < 1.29 is 14.3 Å². The van der Waals surface area contributed by atoms with Gasteiger partial charge in [0.05, 0.1) is 29.5 Å². The number of hydrogen-bond donors (Lipinski definition) is 4. The number of ether oxygens (including phenoxy) is 1. The van der Waals surface area contributed by atoms with E-state index in [1.54, 1.807) is 0 Å². The largest absolute Gasteiger partial charge is 0.376 e. The Kier molecular flexibility index (Phi) is 12.6. The Morgan fingerprint density at radius 2 is 1.83 bits per heavy atom. The van der Waals surface area contributed by atoms with Crippen LogP contribution in [0.15, 0.2) is 0 Å². The number of nitriles is 1. The topological polar surface area (TPSA) is 119 Å². The predicted molar refractivity (Wildman–Crippen MR) is 161 cm³/mol. The van der Waals surface area contributed by atoms with Crippen molar-refractivity contribution >= 4 is 23.4 Å². The van der Waals surface area contributed by atoms with Crippen molar-refractivity contribution in [3.05, 3.63) is 0 Å². The zero-order valence-corrected chi connectivity index (χ0v) is 26.1. The first-order valence-corrected chi connectivity index (χ1v) is 16.6. The molecule has 1 aliphatic heterocycles. The molecule has 232 valence electrons. The van der Waals surface area contributed by atoms with Crippen molar-refractivity contribution in [3.63, 3.8) is 0 Å². The third-order valence-electron chi connectivity index (χ3n) is 9.88. The first-order chi connectivity index (χ1) is 19.8. The summed E-state index contributed by atoms with van der Waals surface area (Å²) in [6.07, 6.45) is 10.9. The van der Waals surface area contributed by atoms with Crippen molar-refractivity contribution in [2.45, 2.75) is 126 Å². The van der Waals surface area contributed by atoms with Crippen molar-refractivity contribution in [3.8, 4) is 6.07 Å². The molecule has 41 heavy (non-hydrogen) atoms. The highest BCUT2D eigenvalue weighted by molar-refractivity contribution is 6.21. The van der Waals surface area contributed by atoms with Gasteiger partial charge in [-0.2, -0.15) is 5.26 Å². The molecule has 0 aromatic heterocycles. The van der Waals surface area contributed by atoms with Crippen LogP contribution < -0.4 is 21.3 Å². The van der Waals surface area contributed by atoms with Gasteiger partial charge in [0.1, 0.15) is 0 Å². The van der Waals surface area contributed by atoms with Crippen LogP contribution in [0.2, 0.25) is 0 Å². The summed E-state index contributed by atoms with van der Waals surface area (Å²) in [6.45, 7) is 4.14. The number of nitrogens with one attached hydrogen (secondary N) is 4. The lowest BCUT2D eigenvalue weighted by molar-refractivity contribution is -0.127. The molecule has 1 heterocycles. The fourth-order valence-electron chi connectivity index (χ4n) is 7.65. The quantitative estimate of drug-likeness (QED) is 0.272. The zero-order valence-electron chi connectivity index (χ0n) is 25.4. The highest BCUT2D eigenvalue weighted by Crippen LogP contribution is 2.36. The maximum absolute atomic E-state index is 12.9. The molecule has 3 saturated carbocycles. The third-order valence-corrected chi connectivity index (χ3v) is 10.4. The lowest BCUT2D eigenvalue weighted by atomic mass is 9.69. The molecule has 2 amide bonds. The lowest BCUT2D eigenvalue weighted by Crippen LogP contribution is -2.66. The van der Waals surface area contributed by atoms with Crippen molar-refractivity contribution in [1.82, 2.24) is 26.2 Å². The molecule has 0 aromatic carbocycles. The Morgan fingerprint density at radius 1 is 1.05 bits per heavy atom. The fraction of sp³-hybridized carbons (Fsp3) is 0.903. The van der Waals surface area contributed by atoms with Crippen molar-refractivity contribution in [2.75, 3.05) is 33.8 Å². The number of hydrogen-bond acceptors (Lipinski definition) is 7. The monoisotopic (exact) mass is 592 g/mol. The van der Waals surface area contributed by atoms with Gasteiger partial charge in [-0.1, -0.05) is 19.3 Å². The first kappa shape index (κ1) is 32.5. The van der Waals surface area contributed by atoms with Gasteiger partial charge in [0.2, 0.25) is 11.8 Å². The average Bonchev–Trinajstić information content (AvgIpc) is 2.95. The van der Waals surface area contributed by atoms with E-state index in [2.05, 4.69) is 32.2 Å². The summed E-state index contributed by atoms with van der Waals surface area (Å²) in [7, 11) is 4.04. The SMILES string of the molecule is CCOC1CC2NCC(C#N)C(NC3CCC(NC(=O)C4CCCCC4)C(Cl)C3)C2CC1NC(=O)CCCN(C)C. The molecule has 0 bridgehead atoms. The number of alkyl halides is 1. The van der Waals surface area contributed by atoms with Gasteiger partial charge in [0, 0.05) is 49.7 Å². The minimum absolute atomic E-state index is 0.00500. The molecule has 4 rings (SSSR count). The Bertz CT molecular complexity index is 894. The Morgan fingerprint density at radius 3 is 2.51 bits per heavy atom. The van der Waals surface area contributed by atoms with E-state index in [1.807, 2.05) is 21.0 Å². The minimum Gasteiger partial charge on any atom is -0.376 e. The second-order valence-electron chi connectivity index (χ2n) is 13.1. The minimum atomic E-state index is -0.158. The molecule has 0 spiro atoms. The Balaban J connectivity index is 1.36. The van der Waals surface area contributed by atoms with Gasteiger partial charge in [-0.3, -0.25) is 9.59 Å². The number of halogens is 1. The summed E-state index contributed by atoms with van der Waals surface area (Å²) in [5.41, 5.74) is 0. The molecule has 10 heteroatoms. The van der Waals surface area contributed by atoms with E-state index in [4.69, 9.17) is 16.3 Å². The van der Waals surface area contributed by atoms with Crippen LogP contribution in [-0.2, 0) is 14.3 Å². The molecule has 9 atom stereocenters. The number of amides is 2. The number of nitrogens with zero attached hydrogens (tertiary/aromatic N) is 2. The number of carbonyl (C=O) groups is 2.